The maximum atomic E-state index is 12.5. The molecule has 0 amide bonds. The second-order valence-corrected chi connectivity index (χ2v) is 8.16. The molecule has 13 nitrogen and oxygen atoms in total. The van der Waals surface area contributed by atoms with Crippen LogP contribution in [0.15, 0.2) is 34.1 Å². The van der Waals surface area contributed by atoms with Gasteiger partial charge in [-0.15, -0.1) is 15.3 Å². The molecule has 34 heavy (non-hydrogen) atoms. The minimum absolute atomic E-state index is 0.00924. The van der Waals surface area contributed by atoms with Crippen LogP contribution in [0.5, 0.6) is 0 Å². The number of thioether (sulfide) groups is 1. The lowest BCUT2D eigenvalue weighted by molar-refractivity contribution is 0.0518. The molecule has 0 saturated carbocycles. The summed E-state index contributed by atoms with van der Waals surface area (Å²) in [6.07, 6.45) is 0.946. The first-order chi connectivity index (χ1) is 16.6. The largest absolute Gasteiger partial charge is 0.461 e. The van der Waals surface area contributed by atoms with E-state index < -0.39 is 5.97 Å². The number of ether oxygens (including phenoxy) is 1. The van der Waals surface area contributed by atoms with Crippen LogP contribution in [0.1, 0.15) is 36.5 Å². The number of hydrogen-bond acceptors (Lipinski definition) is 12. The SMILES string of the molecule is CCCn1c2ccccc2c2nnc(SCc3c(C(=O)OCC)nnn3-c3nonc3N)nc21. The lowest BCUT2D eigenvalue weighted by Gasteiger charge is -2.06. The van der Waals surface area contributed by atoms with Crippen molar-refractivity contribution in [3.63, 3.8) is 0 Å². The molecule has 174 valence electrons. The maximum Gasteiger partial charge on any atom is 0.360 e. The van der Waals surface area contributed by atoms with Crippen molar-refractivity contribution in [2.45, 2.75) is 37.7 Å². The Morgan fingerprint density at radius 3 is 2.79 bits per heavy atom. The van der Waals surface area contributed by atoms with Crippen molar-refractivity contribution < 1.29 is 14.2 Å². The van der Waals surface area contributed by atoms with E-state index in [9.17, 15) is 4.79 Å². The third-order valence-electron chi connectivity index (χ3n) is 5.07. The number of aryl methyl sites for hydroxylation is 1. The fourth-order valence-corrected chi connectivity index (χ4v) is 4.40. The van der Waals surface area contributed by atoms with E-state index in [1.54, 1.807) is 6.92 Å². The Hall–Kier alpha value is -4.07. The molecule has 0 aliphatic heterocycles. The van der Waals surface area contributed by atoms with Gasteiger partial charge in [0.1, 0.15) is 5.52 Å². The normalized spacial score (nSPS) is 11.5. The van der Waals surface area contributed by atoms with Crippen molar-refractivity contribution in [2.75, 3.05) is 12.3 Å². The number of benzene rings is 1. The molecule has 0 atom stereocenters. The number of carbonyl (C=O) groups excluding carboxylic acids is 1. The van der Waals surface area contributed by atoms with Crippen LogP contribution in [0.25, 0.3) is 27.9 Å². The number of nitrogens with zero attached hydrogens (tertiary/aromatic N) is 9. The Labute approximate surface area is 196 Å². The zero-order valence-corrected chi connectivity index (χ0v) is 19.2. The molecule has 4 aromatic heterocycles. The van der Waals surface area contributed by atoms with Crippen LogP contribution in [-0.4, -0.2) is 57.6 Å². The van der Waals surface area contributed by atoms with Crippen molar-refractivity contribution in [3.8, 4) is 5.82 Å². The molecule has 0 spiro atoms. The average molecular weight is 481 g/mol. The topological polar surface area (TPSA) is 166 Å². The number of nitrogens with two attached hydrogens (primary N) is 1. The van der Waals surface area contributed by atoms with E-state index in [4.69, 9.17) is 15.5 Å². The summed E-state index contributed by atoms with van der Waals surface area (Å²) in [5.74, 6) is -0.266. The molecular weight excluding hydrogens is 460 g/mol. The van der Waals surface area contributed by atoms with Crippen LogP contribution < -0.4 is 5.73 Å². The number of anilines is 1. The van der Waals surface area contributed by atoms with Gasteiger partial charge >= 0.3 is 5.97 Å². The van der Waals surface area contributed by atoms with Crippen LogP contribution in [0.3, 0.4) is 0 Å². The van der Waals surface area contributed by atoms with Gasteiger partial charge in [0.2, 0.25) is 16.8 Å². The minimum atomic E-state index is -0.614. The Morgan fingerprint density at radius 2 is 2.03 bits per heavy atom. The average Bonchev–Trinajstić information content (AvgIpc) is 3.54. The Bertz CT molecular complexity index is 1490. The molecule has 0 saturated heterocycles. The number of hydrogen-bond donors (Lipinski definition) is 1. The summed E-state index contributed by atoms with van der Waals surface area (Å²) in [5, 5.41) is 25.5. The number of para-hydroxylation sites is 1. The second kappa shape index (κ2) is 9.05. The van der Waals surface area contributed by atoms with E-state index in [1.807, 2.05) is 24.3 Å². The standard InChI is InChI=1S/C20H20N10O3S/c1-3-9-29-12-8-6-5-7-11(12)14-17(29)22-20(25-23-14)34-10-13-15(19(31)32-4-2)24-28-30(13)18-16(21)26-33-27-18/h5-8H,3-4,9-10H2,1-2H3,(H2,21,26). The molecule has 14 heteroatoms. The van der Waals surface area contributed by atoms with Crippen LogP contribution in [0, 0.1) is 0 Å². The van der Waals surface area contributed by atoms with Crippen LogP contribution in [0.4, 0.5) is 5.82 Å². The fraction of sp³-hybridized carbons (Fsp3) is 0.300. The summed E-state index contributed by atoms with van der Waals surface area (Å²) in [6.45, 7) is 4.81. The first-order valence-electron chi connectivity index (χ1n) is 10.6. The molecule has 5 rings (SSSR count). The molecular formula is C20H20N10O3S. The van der Waals surface area contributed by atoms with Crippen molar-refractivity contribution in [1.29, 1.82) is 0 Å². The Kier molecular flexibility index (Phi) is 5.79. The highest BCUT2D eigenvalue weighted by Gasteiger charge is 2.25. The van der Waals surface area contributed by atoms with Gasteiger partial charge in [-0.1, -0.05) is 42.1 Å². The number of esters is 1. The fourth-order valence-electron chi connectivity index (χ4n) is 3.63. The molecule has 0 fully saturated rings. The summed E-state index contributed by atoms with van der Waals surface area (Å²) in [6, 6.07) is 8.02. The molecule has 4 heterocycles. The van der Waals surface area contributed by atoms with E-state index in [2.05, 4.69) is 46.9 Å². The first kappa shape index (κ1) is 21.8. The number of fused-ring (bicyclic) bond motifs is 3. The summed E-state index contributed by atoms with van der Waals surface area (Å²) in [7, 11) is 0. The molecule has 5 aromatic rings. The van der Waals surface area contributed by atoms with Gasteiger partial charge in [0.05, 0.1) is 17.8 Å². The molecule has 0 aliphatic carbocycles. The highest BCUT2D eigenvalue weighted by Crippen LogP contribution is 2.29. The highest BCUT2D eigenvalue weighted by atomic mass is 32.2. The summed E-state index contributed by atoms with van der Waals surface area (Å²) in [4.78, 5) is 17.2. The monoisotopic (exact) mass is 480 g/mol. The van der Waals surface area contributed by atoms with Gasteiger partial charge in [-0.25, -0.2) is 14.4 Å². The molecule has 0 bridgehead atoms. The highest BCUT2D eigenvalue weighted by molar-refractivity contribution is 7.98. The lowest BCUT2D eigenvalue weighted by atomic mass is 10.2. The number of rotatable bonds is 8. The van der Waals surface area contributed by atoms with Gasteiger partial charge in [-0.3, -0.25) is 0 Å². The van der Waals surface area contributed by atoms with Crippen LogP contribution >= 0.6 is 11.8 Å². The molecule has 0 aliphatic rings. The van der Waals surface area contributed by atoms with Gasteiger partial charge in [-0.05, 0) is 29.7 Å². The summed E-state index contributed by atoms with van der Waals surface area (Å²) >= 11 is 1.27. The number of carbonyl (C=O) groups is 1. The van der Waals surface area contributed by atoms with Crippen LogP contribution in [0.2, 0.25) is 0 Å². The Balaban J connectivity index is 1.52. The molecule has 0 radical (unpaired) electrons. The van der Waals surface area contributed by atoms with Gasteiger partial charge in [0.25, 0.3) is 0 Å². The minimum Gasteiger partial charge on any atom is -0.461 e. The smallest absolute Gasteiger partial charge is 0.360 e. The van der Waals surface area contributed by atoms with E-state index in [0.717, 1.165) is 35.0 Å². The zero-order chi connectivity index (χ0) is 23.7. The van der Waals surface area contributed by atoms with Gasteiger partial charge in [-0.2, -0.15) is 4.68 Å². The van der Waals surface area contributed by atoms with Crippen LogP contribution in [-0.2, 0) is 17.0 Å². The maximum absolute atomic E-state index is 12.5. The third kappa shape index (κ3) is 3.71. The van der Waals surface area contributed by atoms with E-state index >= 15 is 0 Å². The first-order valence-corrected chi connectivity index (χ1v) is 11.6. The van der Waals surface area contributed by atoms with E-state index in [-0.39, 0.29) is 29.7 Å². The molecule has 0 unspecified atom stereocenters. The van der Waals surface area contributed by atoms with E-state index in [0.29, 0.717) is 10.9 Å². The van der Waals surface area contributed by atoms with Crippen molar-refractivity contribution in [1.82, 2.24) is 45.1 Å². The second-order valence-electron chi connectivity index (χ2n) is 7.21. The zero-order valence-electron chi connectivity index (χ0n) is 18.4. The van der Waals surface area contributed by atoms with Crippen molar-refractivity contribution in [3.05, 3.63) is 35.7 Å². The van der Waals surface area contributed by atoms with Gasteiger partial charge in [0.15, 0.2) is 11.3 Å². The summed E-state index contributed by atoms with van der Waals surface area (Å²) < 4.78 is 13.2. The summed E-state index contributed by atoms with van der Waals surface area (Å²) in [5.41, 5.74) is 8.80. The van der Waals surface area contributed by atoms with Gasteiger partial charge in [0, 0.05) is 17.7 Å². The van der Waals surface area contributed by atoms with Crippen molar-refractivity contribution in [2.24, 2.45) is 0 Å². The quantitative estimate of drug-likeness (QED) is 0.255. The molecule has 1 aromatic carbocycles. The number of aromatic nitrogens is 9. The Morgan fingerprint density at radius 1 is 1.18 bits per heavy atom. The van der Waals surface area contributed by atoms with Gasteiger partial charge < -0.3 is 15.0 Å². The van der Waals surface area contributed by atoms with Crippen molar-refractivity contribution >= 4 is 45.6 Å². The molecule has 2 N–H and O–H groups in total. The number of nitrogen functional groups attached to an aromatic ring is 1. The lowest BCUT2D eigenvalue weighted by Crippen LogP contribution is -2.11. The van der Waals surface area contributed by atoms with E-state index in [1.165, 1.54) is 16.4 Å². The third-order valence-corrected chi connectivity index (χ3v) is 5.92. The predicted molar refractivity (Wildman–Crippen MR) is 122 cm³/mol. The predicted octanol–water partition coefficient (Wildman–Crippen LogP) is 2.40.